The fourth-order valence-corrected chi connectivity index (χ4v) is 1.54. The molecule has 0 saturated heterocycles. The topological polar surface area (TPSA) is 64.3 Å². The molecule has 0 aromatic heterocycles. The number of rotatable bonds is 9. The van der Waals surface area contributed by atoms with Gasteiger partial charge in [-0.2, -0.15) is 0 Å². The van der Waals surface area contributed by atoms with Crippen LogP contribution in [-0.2, 0) is 9.53 Å². The average molecular weight is 244 g/mol. The van der Waals surface area contributed by atoms with E-state index in [4.69, 9.17) is 10.5 Å². The molecule has 102 valence electrons. The molecule has 17 heavy (non-hydrogen) atoms. The molecule has 1 amide bonds. The van der Waals surface area contributed by atoms with E-state index in [1.165, 1.54) is 0 Å². The van der Waals surface area contributed by atoms with Gasteiger partial charge in [0.15, 0.2) is 0 Å². The van der Waals surface area contributed by atoms with Crippen molar-refractivity contribution in [3.63, 3.8) is 0 Å². The van der Waals surface area contributed by atoms with Crippen LogP contribution in [0.15, 0.2) is 0 Å². The average Bonchev–Trinajstić information content (AvgIpc) is 2.21. The van der Waals surface area contributed by atoms with Gasteiger partial charge in [0, 0.05) is 13.0 Å². The predicted octanol–water partition coefficient (Wildman–Crippen LogP) is 1.68. The summed E-state index contributed by atoms with van der Waals surface area (Å²) in [5, 5.41) is 2.86. The molecule has 0 aromatic carbocycles. The third-order valence-electron chi connectivity index (χ3n) is 2.73. The maximum absolute atomic E-state index is 11.5. The van der Waals surface area contributed by atoms with E-state index in [0.717, 1.165) is 12.8 Å². The van der Waals surface area contributed by atoms with Gasteiger partial charge < -0.3 is 15.8 Å². The molecule has 0 aromatic rings. The first-order valence-electron chi connectivity index (χ1n) is 6.46. The van der Waals surface area contributed by atoms with E-state index in [9.17, 15) is 4.79 Å². The Morgan fingerprint density at radius 1 is 1.35 bits per heavy atom. The third kappa shape index (κ3) is 10.3. The Balaban J connectivity index is 3.59. The molecule has 0 heterocycles. The lowest BCUT2D eigenvalue weighted by Crippen LogP contribution is -2.29. The fourth-order valence-electron chi connectivity index (χ4n) is 1.54. The van der Waals surface area contributed by atoms with Gasteiger partial charge in [-0.15, -0.1) is 0 Å². The van der Waals surface area contributed by atoms with Gasteiger partial charge in [-0.1, -0.05) is 13.8 Å². The fraction of sp³-hybridized carbons (Fsp3) is 0.923. The molecule has 0 spiro atoms. The second-order valence-corrected chi connectivity index (χ2v) is 5.47. The third-order valence-corrected chi connectivity index (χ3v) is 2.73. The molecule has 0 fully saturated rings. The van der Waals surface area contributed by atoms with Crippen molar-refractivity contribution in [3.05, 3.63) is 0 Å². The molecule has 0 unspecified atom stereocenters. The summed E-state index contributed by atoms with van der Waals surface area (Å²) in [5.41, 5.74) is 5.68. The van der Waals surface area contributed by atoms with Gasteiger partial charge in [-0.25, -0.2) is 0 Å². The molecule has 0 atom stereocenters. The highest BCUT2D eigenvalue weighted by Crippen LogP contribution is 2.25. The summed E-state index contributed by atoms with van der Waals surface area (Å²) < 4.78 is 5.34. The van der Waals surface area contributed by atoms with Crippen molar-refractivity contribution in [2.75, 3.05) is 19.7 Å². The quantitative estimate of drug-likeness (QED) is 0.607. The minimum atomic E-state index is 0.0995. The minimum absolute atomic E-state index is 0.0995. The van der Waals surface area contributed by atoms with Crippen LogP contribution in [0.3, 0.4) is 0 Å². The summed E-state index contributed by atoms with van der Waals surface area (Å²) in [6.07, 6.45) is 2.61. The zero-order valence-electron chi connectivity index (χ0n) is 11.7. The van der Waals surface area contributed by atoms with Crippen molar-refractivity contribution < 1.29 is 9.53 Å². The second kappa shape index (κ2) is 8.48. The van der Waals surface area contributed by atoms with Crippen molar-refractivity contribution >= 4 is 5.91 Å². The summed E-state index contributed by atoms with van der Waals surface area (Å²) in [5.74, 6) is 0.0995. The number of carbonyl (C=O) groups is 1. The summed E-state index contributed by atoms with van der Waals surface area (Å²) >= 11 is 0. The van der Waals surface area contributed by atoms with Gasteiger partial charge in [-0.05, 0) is 38.6 Å². The Labute approximate surface area is 105 Å². The van der Waals surface area contributed by atoms with Gasteiger partial charge in [0.2, 0.25) is 5.91 Å². The molecule has 0 aliphatic heterocycles. The number of carbonyl (C=O) groups excluding carboxylic acids is 1. The lowest BCUT2D eigenvalue weighted by molar-refractivity contribution is -0.122. The molecule has 0 bridgehead atoms. The summed E-state index contributed by atoms with van der Waals surface area (Å²) in [4.78, 5) is 11.5. The second-order valence-electron chi connectivity index (χ2n) is 5.47. The van der Waals surface area contributed by atoms with E-state index in [1.54, 1.807) is 0 Å². The maximum Gasteiger partial charge on any atom is 0.220 e. The first-order valence-corrected chi connectivity index (χ1v) is 6.46. The highest BCUT2D eigenvalue weighted by Gasteiger charge is 2.17. The van der Waals surface area contributed by atoms with Gasteiger partial charge >= 0.3 is 0 Å². The number of nitrogens with two attached hydrogens (primary N) is 1. The van der Waals surface area contributed by atoms with Crippen LogP contribution in [-0.4, -0.2) is 31.7 Å². The smallest absolute Gasteiger partial charge is 0.220 e. The molecule has 4 heteroatoms. The number of amides is 1. The number of hydrogen-bond donors (Lipinski definition) is 2. The molecular formula is C13H28N2O2. The van der Waals surface area contributed by atoms with Gasteiger partial charge in [-0.3, -0.25) is 4.79 Å². The van der Waals surface area contributed by atoms with Crippen LogP contribution in [0.5, 0.6) is 0 Å². The number of hydrogen-bond acceptors (Lipinski definition) is 3. The molecule has 0 radical (unpaired) electrons. The Hall–Kier alpha value is -0.610. The first kappa shape index (κ1) is 16.4. The van der Waals surface area contributed by atoms with Crippen molar-refractivity contribution in [3.8, 4) is 0 Å². The first-order chi connectivity index (χ1) is 7.87. The van der Waals surface area contributed by atoms with Crippen LogP contribution in [0.25, 0.3) is 0 Å². The van der Waals surface area contributed by atoms with E-state index in [1.807, 2.05) is 13.8 Å². The molecule has 0 rings (SSSR count). The lowest BCUT2D eigenvalue weighted by Gasteiger charge is -2.23. The Morgan fingerprint density at radius 3 is 2.53 bits per heavy atom. The van der Waals surface area contributed by atoms with Gasteiger partial charge in [0.25, 0.3) is 0 Å². The minimum Gasteiger partial charge on any atom is -0.377 e. The van der Waals surface area contributed by atoms with Crippen LogP contribution in [0.1, 0.15) is 47.0 Å². The van der Waals surface area contributed by atoms with Crippen LogP contribution in [0.4, 0.5) is 0 Å². The molecule has 3 N–H and O–H groups in total. The summed E-state index contributed by atoms with van der Waals surface area (Å²) in [6.45, 7) is 10.1. The molecule has 4 nitrogen and oxygen atoms in total. The van der Waals surface area contributed by atoms with E-state index in [0.29, 0.717) is 26.1 Å². The lowest BCUT2D eigenvalue weighted by atomic mass is 9.84. The van der Waals surface area contributed by atoms with Crippen molar-refractivity contribution in [2.45, 2.75) is 53.1 Å². The van der Waals surface area contributed by atoms with E-state index in [2.05, 4.69) is 19.2 Å². The molecule has 0 saturated carbocycles. The van der Waals surface area contributed by atoms with E-state index < -0.39 is 0 Å². The highest BCUT2D eigenvalue weighted by molar-refractivity contribution is 5.75. The molecule has 0 aliphatic rings. The number of ether oxygens (including phenoxy) is 1. The largest absolute Gasteiger partial charge is 0.377 e. The van der Waals surface area contributed by atoms with Gasteiger partial charge in [0.1, 0.15) is 0 Å². The van der Waals surface area contributed by atoms with Gasteiger partial charge in [0.05, 0.1) is 12.7 Å². The number of nitrogens with one attached hydrogen (secondary N) is 1. The maximum atomic E-state index is 11.5. The van der Waals surface area contributed by atoms with E-state index >= 15 is 0 Å². The Kier molecular flexibility index (Phi) is 8.17. The zero-order chi connectivity index (χ0) is 13.3. The predicted molar refractivity (Wildman–Crippen MR) is 70.8 cm³/mol. The monoisotopic (exact) mass is 244 g/mol. The normalized spacial score (nSPS) is 11.9. The SMILES string of the molecule is CC(C)OCCNC(=O)CCC(C)(C)CCN. The zero-order valence-corrected chi connectivity index (χ0v) is 11.7. The summed E-state index contributed by atoms with van der Waals surface area (Å²) in [6, 6.07) is 0. The van der Waals surface area contributed by atoms with E-state index in [-0.39, 0.29) is 17.4 Å². The Morgan fingerprint density at radius 2 is 2.00 bits per heavy atom. The van der Waals surface area contributed by atoms with Crippen molar-refractivity contribution in [1.29, 1.82) is 0 Å². The molecule has 0 aliphatic carbocycles. The Bertz CT molecular complexity index is 215. The molecular weight excluding hydrogens is 216 g/mol. The van der Waals surface area contributed by atoms with Crippen molar-refractivity contribution in [1.82, 2.24) is 5.32 Å². The van der Waals surface area contributed by atoms with Crippen LogP contribution >= 0.6 is 0 Å². The highest BCUT2D eigenvalue weighted by atomic mass is 16.5. The van der Waals surface area contributed by atoms with Crippen LogP contribution < -0.4 is 11.1 Å². The standard InChI is InChI=1S/C13H28N2O2/c1-11(2)17-10-9-15-12(16)5-6-13(3,4)7-8-14/h11H,5-10,14H2,1-4H3,(H,15,16). The summed E-state index contributed by atoms with van der Waals surface area (Å²) in [7, 11) is 0. The van der Waals surface area contributed by atoms with Crippen LogP contribution in [0, 0.1) is 5.41 Å². The van der Waals surface area contributed by atoms with Crippen molar-refractivity contribution in [2.24, 2.45) is 11.1 Å². The van der Waals surface area contributed by atoms with Crippen LogP contribution in [0.2, 0.25) is 0 Å².